The molecule has 0 aromatic carbocycles. The van der Waals surface area contributed by atoms with Crippen LogP contribution in [0.3, 0.4) is 0 Å². The molecule has 1 aliphatic rings. The fourth-order valence-corrected chi connectivity index (χ4v) is 3.04. The molecule has 0 radical (unpaired) electrons. The van der Waals surface area contributed by atoms with Crippen molar-refractivity contribution in [3.63, 3.8) is 0 Å². The molecule has 0 saturated carbocycles. The van der Waals surface area contributed by atoms with E-state index in [-0.39, 0.29) is 11.9 Å². The molecular weight excluding hydrogens is 199 g/mol. The SMILES string of the molecule is NC(c1cncc(F)c1)C1CCCS1. The van der Waals surface area contributed by atoms with Gasteiger partial charge >= 0.3 is 0 Å². The number of aromatic nitrogens is 1. The lowest BCUT2D eigenvalue weighted by Crippen LogP contribution is -2.21. The van der Waals surface area contributed by atoms with E-state index >= 15 is 0 Å². The third kappa shape index (κ3) is 2.07. The van der Waals surface area contributed by atoms with Gasteiger partial charge in [0.1, 0.15) is 5.82 Å². The molecule has 2 N–H and O–H groups in total. The Morgan fingerprint density at radius 3 is 3.07 bits per heavy atom. The van der Waals surface area contributed by atoms with Crippen LogP contribution in [0.1, 0.15) is 24.4 Å². The summed E-state index contributed by atoms with van der Waals surface area (Å²) in [5.74, 6) is 0.863. The predicted molar refractivity (Wildman–Crippen MR) is 56.6 cm³/mol. The van der Waals surface area contributed by atoms with Crippen LogP contribution in [0.25, 0.3) is 0 Å². The molecule has 0 bridgehead atoms. The minimum atomic E-state index is -0.305. The Kier molecular flexibility index (Phi) is 3.03. The van der Waals surface area contributed by atoms with Crippen LogP contribution in [0.2, 0.25) is 0 Å². The Labute approximate surface area is 87.1 Å². The average Bonchev–Trinajstić information content (AvgIpc) is 2.69. The smallest absolute Gasteiger partial charge is 0.141 e. The summed E-state index contributed by atoms with van der Waals surface area (Å²) in [6.45, 7) is 0. The quantitative estimate of drug-likeness (QED) is 0.816. The van der Waals surface area contributed by atoms with E-state index in [9.17, 15) is 4.39 Å². The number of nitrogens with zero attached hydrogens (tertiary/aromatic N) is 1. The maximum absolute atomic E-state index is 12.9. The lowest BCUT2D eigenvalue weighted by atomic mass is 10.0. The molecule has 1 saturated heterocycles. The molecule has 2 nitrogen and oxygen atoms in total. The molecule has 4 heteroatoms. The second-order valence-corrected chi connectivity index (χ2v) is 4.86. The van der Waals surface area contributed by atoms with Gasteiger partial charge in [0.25, 0.3) is 0 Å². The molecule has 1 aliphatic heterocycles. The van der Waals surface area contributed by atoms with E-state index in [1.54, 1.807) is 6.20 Å². The first-order chi connectivity index (χ1) is 6.77. The molecule has 0 aliphatic carbocycles. The van der Waals surface area contributed by atoms with Crippen molar-refractivity contribution in [2.75, 3.05) is 5.75 Å². The van der Waals surface area contributed by atoms with Gasteiger partial charge in [0.15, 0.2) is 0 Å². The first-order valence-electron chi connectivity index (χ1n) is 4.75. The Morgan fingerprint density at radius 1 is 1.57 bits per heavy atom. The number of rotatable bonds is 2. The Hall–Kier alpha value is -0.610. The number of hydrogen-bond acceptors (Lipinski definition) is 3. The van der Waals surface area contributed by atoms with Crippen LogP contribution in [0, 0.1) is 5.82 Å². The molecule has 14 heavy (non-hydrogen) atoms. The largest absolute Gasteiger partial charge is 0.323 e. The topological polar surface area (TPSA) is 38.9 Å². The molecule has 1 aromatic heterocycles. The highest BCUT2D eigenvalue weighted by Crippen LogP contribution is 2.34. The van der Waals surface area contributed by atoms with E-state index in [1.165, 1.54) is 24.4 Å². The molecule has 2 unspecified atom stereocenters. The van der Waals surface area contributed by atoms with E-state index in [4.69, 9.17) is 5.73 Å². The highest BCUT2D eigenvalue weighted by atomic mass is 32.2. The summed E-state index contributed by atoms with van der Waals surface area (Å²) in [4.78, 5) is 3.81. The average molecular weight is 212 g/mol. The van der Waals surface area contributed by atoms with Gasteiger partial charge in [-0.15, -0.1) is 0 Å². The van der Waals surface area contributed by atoms with E-state index in [2.05, 4.69) is 4.98 Å². The van der Waals surface area contributed by atoms with E-state index < -0.39 is 0 Å². The van der Waals surface area contributed by atoms with Crippen molar-refractivity contribution in [1.82, 2.24) is 4.98 Å². The molecule has 2 heterocycles. The molecular formula is C10H13FN2S. The lowest BCUT2D eigenvalue weighted by molar-refractivity contribution is 0.601. The van der Waals surface area contributed by atoms with Gasteiger partial charge in [-0.25, -0.2) is 4.39 Å². The maximum Gasteiger partial charge on any atom is 0.141 e. The zero-order chi connectivity index (χ0) is 9.97. The Morgan fingerprint density at radius 2 is 2.43 bits per heavy atom. The second kappa shape index (κ2) is 4.28. The molecule has 1 fully saturated rings. The summed E-state index contributed by atoms with van der Waals surface area (Å²) in [6.07, 6.45) is 5.21. The maximum atomic E-state index is 12.9. The van der Waals surface area contributed by atoms with Crippen molar-refractivity contribution in [2.45, 2.75) is 24.1 Å². The third-order valence-corrected chi connectivity index (χ3v) is 3.96. The van der Waals surface area contributed by atoms with Gasteiger partial charge in [0.05, 0.1) is 6.20 Å². The summed E-state index contributed by atoms with van der Waals surface area (Å²) in [5, 5.41) is 0.429. The van der Waals surface area contributed by atoms with Crippen LogP contribution >= 0.6 is 11.8 Å². The van der Waals surface area contributed by atoms with Crippen LogP contribution in [0.15, 0.2) is 18.5 Å². The number of pyridine rings is 1. The minimum absolute atomic E-state index is 0.0781. The number of halogens is 1. The highest BCUT2D eigenvalue weighted by Gasteiger charge is 2.24. The fourth-order valence-electron chi connectivity index (χ4n) is 1.71. The van der Waals surface area contributed by atoms with Gasteiger partial charge in [-0.2, -0.15) is 11.8 Å². The van der Waals surface area contributed by atoms with Crippen LogP contribution < -0.4 is 5.73 Å². The van der Waals surface area contributed by atoms with Crippen molar-refractivity contribution in [1.29, 1.82) is 0 Å². The predicted octanol–water partition coefficient (Wildman–Crippen LogP) is 2.12. The summed E-state index contributed by atoms with van der Waals surface area (Å²) in [7, 11) is 0. The molecule has 0 amide bonds. The van der Waals surface area contributed by atoms with Gasteiger partial charge in [0, 0.05) is 17.5 Å². The zero-order valence-electron chi connectivity index (χ0n) is 7.82. The monoisotopic (exact) mass is 212 g/mol. The standard InChI is InChI=1S/C10H13FN2S/c11-8-4-7(5-13-6-8)10(12)9-2-1-3-14-9/h4-6,9-10H,1-3,12H2. The Bertz CT molecular complexity index is 313. The number of nitrogens with two attached hydrogens (primary N) is 1. The normalized spacial score (nSPS) is 23.7. The Balaban J connectivity index is 2.13. The molecule has 1 aromatic rings. The second-order valence-electron chi connectivity index (χ2n) is 3.51. The van der Waals surface area contributed by atoms with Crippen LogP contribution in [0.4, 0.5) is 4.39 Å². The van der Waals surface area contributed by atoms with Crippen LogP contribution in [-0.2, 0) is 0 Å². The molecule has 2 rings (SSSR count). The van der Waals surface area contributed by atoms with E-state index in [0.717, 1.165) is 12.0 Å². The van der Waals surface area contributed by atoms with Gasteiger partial charge < -0.3 is 5.73 Å². The summed E-state index contributed by atoms with van der Waals surface area (Å²) in [6, 6.07) is 1.40. The number of thioether (sulfide) groups is 1. The first-order valence-corrected chi connectivity index (χ1v) is 5.80. The van der Waals surface area contributed by atoms with Crippen molar-refractivity contribution < 1.29 is 4.39 Å². The minimum Gasteiger partial charge on any atom is -0.323 e. The van der Waals surface area contributed by atoms with Crippen molar-refractivity contribution in [3.05, 3.63) is 29.8 Å². The van der Waals surface area contributed by atoms with Gasteiger partial charge in [-0.3, -0.25) is 4.98 Å². The van der Waals surface area contributed by atoms with Gasteiger partial charge in [-0.1, -0.05) is 0 Å². The van der Waals surface area contributed by atoms with Crippen molar-refractivity contribution in [3.8, 4) is 0 Å². The number of hydrogen-bond donors (Lipinski definition) is 1. The third-order valence-electron chi connectivity index (χ3n) is 2.48. The van der Waals surface area contributed by atoms with Crippen LogP contribution in [0.5, 0.6) is 0 Å². The molecule has 2 atom stereocenters. The summed E-state index contributed by atoms with van der Waals surface area (Å²) >= 11 is 1.88. The van der Waals surface area contributed by atoms with Crippen LogP contribution in [-0.4, -0.2) is 16.0 Å². The van der Waals surface area contributed by atoms with Crippen molar-refractivity contribution in [2.24, 2.45) is 5.73 Å². The van der Waals surface area contributed by atoms with Gasteiger partial charge in [0.2, 0.25) is 0 Å². The molecule has 0 spiro atoms. The van der Waals surface area contributed by atoms with E-state index in [0.29, 0.717) is 5.25 Å². The molecule has 76 valence electrons. The summed E-state index contributed by atoms with van der Waals surface area (Å²) < 4.78 is 12.9. The zero-order valence-corrected chi connectivity index (χ0v) is 8.64. The summed E-state index contributed by atoms with van der Waals surface area (Å²) in [5.41, 5.74) is 6.85. The fraction of sp³-hybridized carbons (Fsp3) is 0.500. The van der Waals surface area contributed by atoms with E-state index in [1.807, 2.05) is 11.8 Å². The van der Waals surface area contributed by atoms with Crippen molar-refractivity contribution >= 4 is 11.8 Å². The first kappa shape index (κ1) is 9.93. The lowest BCUT2D eigenvalue weighted by Gasteiger charge is -2.17. The highest BCUT2D eigenvalue weighted by molar-refractivity contribution is 8.00. The van der Waals surface area contributed by atoms with Gasteiger partial charge in [-0.05, 0) is 30.2 Å².